The fourth-order valence-electron chi connectivity index (χ4n) is 4.29. The predicted octanol–water partition coefficient (Wildman–Crippen LogP) is 7.58. The lowest BCUT2D eigenvalue weighted by atomic mass is 9.96. The van der Waals surface area contributed by atoms with Crippen LogP contribution in [0.2, 0.25) is 0 Å². The molecule has 0 saturated heterocycles. The van der Waals surface area contributed by atoms with Crippen molar-refractivity contribution in [2.45, 2.75) is 93.9 Å². The van der Waals surface area contributed by atoms with Gasteiger partial charge in [0, 0.05) is 35.0 Å². The van der Waals surface area contributed by atoms with Crippen LogP contribution in [0.3, 0.4) is 0 Å². The Bertz CT molecular complexity index is 893. The Morgan fingerprint density at radius 1 is 0.912 bits per heavy atom. The van der Waals surface area contributed by atoms with Crippen LogP contribution in [-0.4, -0.2) is 24.6 Å². The normalized spacial score (nSPS) is 13.9. The van der Waals surface area contributed by atoms with Gasteiger partial charge in [-0.1, -0.05) is 63.6 Å². The highest BCUT2D eigenvalue weighted by Crippen LogP contribution is 2.31. The van der Waals surface area contributed by atoms with E-state index in [4.69, 9.17) is 4.74 Å². The van der Waals surface area contributed by atoms with Crippen molar-refractivity contribution < 1.29 is 14.3 Å². The molecule has 0 heterocycles. The van der Waals surface area contributed by atoms with Gasteiger partial charge in [-0.3, -0.25) is 9.69 Å². The second-order valence-electron chi connectivity index (χ2n) is 9.01. The molecule has 5 nitrogen and oxygen atoms in total. The van der Waals surface area contributed by atoms with Crippen LogP contribution in [-0.2, 0) is 4.79 Å². The summed E-state index contributed by atoms with van der Waals surface area (Å²) in [6.45, 7) is 4.36. The molecule has 0 spiro atoms. The van der Waals surface area contributed by atoms with E-state index in [1.54, 1.807) is 23.9 Å². The summed E-state index contributed by atoms with van der Waals surface area (Å²) in [5.41, 5.74) is 0.943. The molecule has 1 aliphatic rings. The van der Waals surface area contributed by atoms with Gasteiger partial charge in [-0.2, -0.15) is 0 Å². The summed E-state index contributed by atoms with van der Waals surface area (Å²) in [7, 11) is 0. The lowest BCUT2D eigenvalue weighted by Gasteiger charge is -2.28. The second kappa shape index (κ2) is 14.1. The molecular formula is C28H38N2O3S. The maximum atomic E-state index is 13.2. The van der Waals surface area contributed by atoms with Crippen molar-refractivity contribution >= 4 is 29.4 Å². The zero-order valence-corrected chi connectivity index (χ0v) is 21.4. The maximum absolute atomic E-state index is 13.2. The van der Waals surface area contributed by atoms with Gasteiger partial charge in [0.1, 0.15) is 5.75 Å². The van der Waals surface area contributed by atoms with Gasteiger partial charge >= 0.3 is 12.0 Å². The van der Waals surface area contributed by atoms with Crippen LogP contribution in [0, 0.1) is 0 Å². The molecule has 1 fully saturated rings. The standard InChI is InChI=1S/C28H38N2O3S/c1-3-4-5-6-10-21-30(28(32)29-23-11-8-7-9-12-23)24-13-17-26(18-14-24)34-27-19-15-25(16-20-27)33-22(2)31/h13-20,23H,3-12,21H2,1-2H3,(H,29,32). The summed E-state index contributed by atoms with van der Waals surface area (Å²) in [4.78, 5) is 28.4. The summed E-state index contributed by atoms with van der Waals surface area (Å²) in [6.07, 6.45) is 11.7. The van der Waals surface area contributed by atoms with Crippen molar-refractivity contribution in [3.8, 4) is 5.75 Å². The number of unbranched alkanes of at least 4 members (excludes halogenated alkanes) is 4. The smallest absolute Gasteiger partial charge is 0.322 e. The number of anilines is 1. The average Bonchev–Trinajstić information content (AvgIpc) is 2.83. The number of amides is 2. The summed E-state index contributed by atoms with van der Waals surface area (Å²) in [6, 6.07) is 16.0. The maximum Gasteiger partial charge on any atom is 0.322 e. The second-order valence-corrected chi connectivity index (χ2v) is 10.2. The largest absolute Gasteiger partial charge is 0.427 e. The molecule has 2 amide bonds. The number of nitrogens with one attached hydrogen (secondary N) is 1. The third-order valence-electron chi connectivity index (χ3n) is 6.13. The minimum absolute atomic E-state index is 0.0313. The van der Waals surface area contributed by atoms with Gasteiger partial charge in [-0.25, -0.2) is 4.79 Å². The van der Waals surface area contributed by atoms with Crippen LogP contribution in [0.4, 0.5) is 10.5 Å². The molecule has 2 aromatic rings. The van der Waals surface area contributed by atoms with Crippen LogP contribution in [0.15, 0.2) is 58.3 Å². The van der Waals surface area contributed by atoms with Gasteiger partial charge in [-0.05, 0) is 67.8 Å². The van der Waals surface area contributed by atoms with E-state index < -0.39 is 0 Å². The van der Waals surface area contributed by atoms with Crippen LogP contribution in [0.1, 0.15) is 78.1 Å². The molecule has 0 atom stereocenters. The molecule has 3 rings (SSSR count). The highest BCUT2D eigenvalue weighted by molar-refractivity contribution is 7.99. The number of carbonyl (C=O) groups excluding carboxylic acids is 2. The Morgan fingerprint density at radius 2 is 1.53 bits per heavy atom. The molecule has 0 radical (unpaired) electrons. The summed E-state index contributed by atoms with van der Waals surface area (Å²) in [5, 5.41) is 3.29. The molecule has 6 heteroatoms. The highest BCUT2D eigenvalue weighted by atomic mass is 32.2. The Hall–Kier alpha value is -2.47. The minimum atomic E-state index is -0.321. The van der Waals surface area contributed by atoms with E-state index in [-0.39, 0.29) is 12.0 Å². The molecule has 0 aromatic heterocycles. The van der Waals surface area contributed by atoms with Gasteiger partial charge in [0.25, 0.3) is 0 Å². The van der Waals surface area contributed by atoms with Crippen LogP contribution >= 0.6 is 11.8 Å². The fourth-order valence-corrected chi connectivity index (χ4v) is 5.11. The third-order valence-corrected chi connectivity index (χ3v) is 7.15. The number of nitrogens with zero attached hydrogens (tertiary/aromatic N) is 1. The van der Waals surface area contributed by atoms with Crippen LogP contribution in [0.25, 0.3) is 0 Å². The first-order chi connectivity index (χ1) is 16.5. The first-order valence-electron chi connectivity index (χ1n) is 12.7. The monoisotopic (exact) mass is 482 g/mol. The third kappa shape index (κ3) is 8.71. The number of ether oxygens (including phenoxy) is 1. The molecular weight excluding hydrogens is 444 g/mol. The summed E-state index contributed by atoms with van der Waals surface area (Å²) in [5.74, 6) is 0.226. The molecule has 184 valence electrons. The number of hydrogen-bond acceptors (Lipinski definition) is 4. The molecule has 0 unspecified atom stereocenters. The number of rotatable bonds is 11. The Kier molecular flexibility index (Phi) is 10.8. The lowest BCUT2D eigenvalue weighted by molar-refractivity contribution is -0.131. The van der Waals surface area contributed by atoms with Crippen molar-refractivity contribution in [3.05, 3.63) is 48.5 Å². The van der Waals surface area contributed by atoms with Crippen molar-refractivity contribution in [1.82, 2.24) is 5.32 Å². The van der Waals surface area contributed by atoms with Crippen LogP contribution in [0.5, 0.6) is 5.75 Å². The number of esters is 1. The first kappa shape index (κ1) is 26.1. The highest BCUT2D eigenvalue weighted by Gasteiger charge is 2.21. The summed E-state index contributed by atoms with van der Waals surface area (Å²) >= 11 is 1.64. The molecule has 0 aliphatic heterocycles. The van der Waals surface area contributed by atoms with E-state index in [1.165, 1.54) is 45.4 Å². The van der Waals surface area contributed by atoms with E-state index in [1.807, 2.05) is 29.2 Å². The van der Waals surface area contributed by atoms with Gasteiger partial charge in [0.05, 0.1) is 0 Å². The van der Waals surface area contributed by atoms with E-state index >= 15 is 0 Å². The van der Waals surface area contributed by atoms with E-state index in [0.717, 1.165) is 47.7 Å². The van der Waals surface area contributed by atoms with Crippen molar-refractivity contribution in [1.29, 1.82) is 0 Å². The lowest BCUT2D eigenvalue weighted by Crippen LogP contribution is -2.46. The van der Waals surface area contributed by atoms with Gasteiger partial charge in [0.2, 0.25) is 0 Å². The van der Waals surface area contributed by atoms with Crippen molar-refractivity contribution in [3.63, 3.8) is 0 Å². The van der Waals surface area contributed by atoms with E-state index in [2.05, 4.69) is 24.4 Å². The molecule has 2 aromatic carbocycles. The quantitative estimate of drug-likeness (QED) is 0.204. The molecule has 1 N–H and O–H groups in total. The van der Waals surface area contributed by atoms with Gasteiger partial charge in [-0.15, -0.1) is 0 Å². The number of benzene rings is 2. The Balaban J connectivity index is 1.63. The predicted molar refractivity (Wildman–Crippen MR) is 140 cm³/mol. The topological polar surface area (TPSA) is 58.6 Å². The number of carbonyl (C=O) groups is 2. The van der Waals surface area contributed by atoms with Crippen molar-refractivity contribution in [2.24, 2.45) is 0 Å². The first-order valence-corrected chi connectivity index (χ1v) is 13.5. The fraction of sp³-hybridized carbons (Fsp3) is 0.500. The van der Waals surface area contributed by atoms with Crippen LogP contribution < -0.4 is 15.0 Å². The zero-order chi connectivity index (χ0) is 24.2. The number of urea groups is 1. The Morgan fingerprint density at radius 3 is 2.15 bits per heavy atom. The van der Waals surface area contributed by atoms with Gasteiger partial charge in [0.15, 0.2) is 0 Å². The summed E-state index contributed by atoms with van der Waals surface area (Å²) < 4.78 is 5.10. The van der Waals surface area contributed by atoms with Gasteiger partial charge < -0.3 is 10.1 Å². The van der Waals surface area contributed by atoms with E-state index in [9.17, 15) is 9.59 Å². The molecule has 0 bridgehead atoms. The van der Waals surface area contributed by atoms with Crippen molar-refractivity contribution in [2.75, 3.05) is 11.4 Å². The van der Waals surface area contributed by atoms with E-state index in [0.29, 0.717) is 11.8 Å². The zero-order valence-electron chi connectivity index (χ0n) is 20.6. The average molecular weight is 483 g/mol. The molecule has 34 heavy (non-hydrogen) atoms. The number of hydrogen-bond donors (Lipinski definition) is 1. The molecule has 1 saturated carbocycles. The Labute approximate surface area is 208 Å². The SMILES string of the molecule is CCCCCCCN(C(=O)NC1CCCCC1)c1ccc(Sc2ccc(OC(C)=O)cc2)cc1. The molecule has 1 aliphatic carbocycles. The minimum Gasteiger partial charge on any atom is -0.427 e.